The molecule has 0 radical (unpaired) electrons. The van der Waals surface area contributed by atoms with Gasteiger partial charge in [-0.15, -0.1) is 0 Å². The molecular formula is C14H12N2O3. The summed E-state index contributed by atoms with van der Waals surface area (Å²) < 4.78 is 5.10. The van der Waals surface area contributed by atoms with Gasteiger partial charge in [0, 0.05) is 0 Å². The van der Waals surface area contributed by atoms with Gasteiger partial charge in [0.05, 0.1) is 24.3 Å². The summed E-state index contributed by atoms with van der Waals surface area (Å²) in [6, 6.07) is 3.45. The van der Waals surface area contributed by atoms with Gasteiger partial charge >= 0.3 is 0 Å². The van der Waals surface area contributed by atoms with Crippen LogP contribution in [0.15, 0.2) is 40.1 Å². The Morgan fingerprint density at radius 3 is 2.47 bits per heavy atom. The van der Waals surface area contributed by atoms with Crippen molar-refractivity contribution in [2.45, 2.75) is 6.42 Å². The van der Waals surface area contributed by atoms with E-state index in [0.29, 0.717) is 5.76 Å². The van der Waals surface area contributed by atoms with Gasteiger partial charge in [0.1, 0.15) is 5.76 Å². The van der Waals surface area contributed by atoms with Gasteiger partial charge in [0.2, 0.25) is 0 Å². The Hall–Kier alpha value is -2.17. The van der Waals surface area contributed by atoms with Crippen LogP contribution in [-0.4, -0.2) is 23.0 Å². The van der Waals surface area contributed by atoms with Crippen molar-refractivity contribution in [3.05, 3.63) is 36.3 Å². The van der Waals surface area contributed by atoms with E-state index in [1.54, 1.807) is 12.1 Å². The molecule has 1 saturated heterocycles. The van der Waals surface area contributed by atoms with E-state index in [0.717, 1.165) is 11.4 Å². The lowest BCUT2D eigenvalue weighted by Gasteiger charge is -2.13. The van der Waals surface area contributed by atoms with Gasteiger partial charge in [-0.25, -0.2) is 0 Å². The number of carbonyl (C=O) groups is 2. The van der Waals surface area contributed by atoms with Crippen LogP contribution in [-0.2, 0) is 9.59 Å². The molecule has 4 atom stereocenters. The zero-order valence-electron chi connectivity index (χ0n) is 10.1. The summed E-state index contributed by atoms with van der Waals surface area (Å²) in [7, 11) is 0. The van der Waals surface area contributed by atoms with Crippen LogP contribution in [0.3, 0.4) is 0 Å². The van der Waals surface area contributed by atoms with Crippen molar-refractivity contribution in [3.63, 3.8) is 0 Å². The molecule has 4 rings (SSSR count). The number of hydrazone groups is 1. The monoisotopic (exact) mass is 256 g/mol. The minimum atomic E-state index is -0.198. The van der Waals surface area contributed by atoms with Gasteiger partial charge in [0.25, 0.3) is 11.8 Å². The minimum absolute atomic E-state index is 0.172. The second-order valence-electron chi connectivity index (χ2n) is 5.25. The van der Waals surface area contributed by atoms with Crippen molar-refractivity contribution in [1.29, 1.82) is 0 Å². The van der Waals surface area contributed by atoms with E-state index in [9.17, 15) is 9.59 Å². The number of rotatable bonds is 2. The molecule has 2 fully saturated rings. The van der Waals surface area contributed by atoms with Crippen LogP contribution in [0, 0.1) is 23.7 Å². The molecule has 3 aliphatic rings. The number of fused-ring (bicyclic) bond motifs is 5. The van der Waals surface area contributed by atoms with E-state index in [1.807, 2.05) is 0 Å². The fourth-order valence-electron chi connectivity index (χ4n) is 3.48. The summed E-state index contributed by atoms with van der Waals surface area (Å²) in [6.45, 7) is 0. The Morgan fingerprint density at radius 2 is 1.89 bits per heavy atom. The van der Waals surface area contributed by atoms with Gasteiger partial charge in [-0.05, 0) is 30.4 Å². The van der Waals surface area contributed by atoms with Crippen molar-refractivity contribution in [2.75, 3.05) is 0 Å². The molecule has 1 aromatic heterocycles. The van der Waals surface area contributed by atoms with Crippen LogP contribution in [0.4, 0.5) is 0 Å². The molecule has 2 amide bonds. The highest BCUT2D eigenvalue weighted by atomic mass is 16.3. The fraction of sp³-hybridized carbons (Fsp3) is 0.357. The highest BCUT2D eigenvalue weighted by Gasteiger charge is 2.59. The Morgan fingerprint density at radius 1 is 1.21 bits per heavy atom. The lowest BCUT2D eigenvalue weighted by molar-refractivity contribution is -0.140. The first-order valence-electron chi connectivity index (χ1n) is 6.39. The molecule has 2 heterocycles. The maximum Gasteiger partial charge on any atom is 0.254 e. The lowest BCUT2D eigenvalue weighted by atomic mass is 9.85. The normalized spacial score (nSPS) is 35.9. The third-order valence-corrected chi connectivity index (χ3v) is 4.29. The number of carbonyl (C=O) groups excluding carboxylic acids is 2. The third kappa shape index (κ3) is 1.38. The largest absolute Gasteiger partial charge is 0.463 e. The molecule has 1 saturated carbocycles. The summed E-state index contributed by atoms with van der Waals surface area (Å²) >= 11 is 0. The van der Waals surface area contributed by atoms with Crippen molar-refractivity contribution >= 4 is 18.0 Å². The van der Waals surface area contributed by atoms with Crippen LogP contribution in [0.2, 0.25) is 0 Å². The molecule has 0 N–H and O–H groups in total. The Balaban J connectivity index is 1.62. The number of hydrogen-bond donors (Lipinski definition) is 0. The summed E-state index contributed by atoms with van der Waals surface area (Å²) in [5, 5.41) is 5.01. The third-order valence-electron chi connectivity index (χ3n) is 4.29. The van der Waals surface area contributed by atoms with E-state index < -0.39 is 0 Å². The lowest BCUT2D eigenvalue weighted by Crippen LogP contribution is -2.28. The molecule has 1 aliphatic heterocycles. The maximum atomic E-state index is 12.3. The van der Waals surface area contributed by atoms with Gasteiger partial charge in [-0.1, -0.05) is 12.2 Å². The Bertz CT molecular complexity index is 572. The standard InChI is InChI=1S/C14H12N2O3/c17-13-11-8-3-4-9(6-8)12(11)14(18)16(13)15-7-10-2-1-5-19-10/h1-5,7-9,11-12H,6H2. The van der Waals surface area contributed by atoms with Crippen LogP contribution in [0.5, 0.6) is 0 Å². The molecule has 0 aromatic carbocycles. The zero-order chi connectivity index (χ0) is 13.0. The van der Waals surface area contributed by atoms with Crippen LogP contribution in [0.1, 0.15) is 12.2 Å². The number of hydrogen-bond acceptors (Lipinski definition) is 4. The fourth-order valence-corrected chi connectivity index (χ4v) is 3.48. The predicted molar refractivity (Wildman–Crippen MR) is 65.9 cm³/mol. The quantitative estimate of drug-likeness (QED) is 0.456. The van der Waals surface area contributed by atoms with E-state index in [4.69, 9.17) is 4.42 Å². The van der Waals surface area contributed by atoms with Crippen molar-refractivity contribution < 1.29 is 14.0 Å². The molecule has 2 bridgehead atoms. The second-order valence-corrected chi connectivity index (χ2v) is 5.25. The van der Waals surface area contributed by atoms with E-state index >= 15 is 0 Å². The minimum Gasteiger partial charge on any atom is -0.463 e. The van der Waals surface area contributed by atoms with E-state index in [-0.39, 0.29) is 35.5 Å². The summed E-state index contributed by atoms with van der Waals surface area (Å²) in [4.78, 5) is 24.5. The van der Waals surface area contributed by atoms with E-state index in [2.05, 4.69) is 17.3 Å². The molecule has 1 aromatic rings. The smallest absolute Gasteiger partial charge is 0.254 e. The van der Waals surface area contributed by atoms with Crippen molar-refractivity contribution in [1.82, 2.24) is 5.01 Å². The predicted octanol–water partition coefficient (Wildman–Crippen LogP) is 1.42. The average molecular weight is 256 g/mol. The number of imide groups is 1. The molecule has 19 heavy (non-hydrogen) atoms. The topological polar surface area (TPSA) is 62.9 Å². The first kappa shape index (κ1) is 10.7. The Kier molecular flexibility index (Phi) is 2.07. The molecule has 96 valence electrons. The van der Waals surface area contributed by atoms with Gasteiger partial charge in [-0.3, -0.25) is 9.59 Å². The summed E-state index contributed by atoms with van der Waals surface area (Å²) in [5.41, 5.74) is 0. The number of furan rings is 1. The molecule has 2 aliphatic carbocycles. The first-order valence-corrected chi connectivity index (χ1v) is 6.39. The molecule has 4 unspecified atom stereocenters. The molecule has 5 nitrogen and oxygen atoms in total. The zero-order valence-corrected chi connectivity index (χ0v) is 10.1. The molecular weight excluding hydrogens is 244 g/mol. The highest BCUT2D eigenvalue weighted by Crippen LogP contribution is 2.52. The van der Waals surface area contributed by atoms with Crippen LogP contribution >= 0.6 is 0 Å². The van der Waals surface area contributed by atoms with Crippen molar-refractivity contribution in [2.24, 2.45) is 28.8 Å². The van der Waals surface area contributed by atoms with Gasteiger partial charge in [0.15, 0.2) is 0 Å². The van der Waals surface area contributed by atoms with Crippen molar-refractivity contribution in [3.8, 4) is 0 Å². The number of nitrogens with zero attached hydrogens (tertiary/aromatic N) is 2. The van der Waals surface area contributed by atoms with Gasteiger partial charge in [-0.2, -0.15) is 10.1 Å². The van der Waals surface area contributed by atoms with Gasteiger partial charge < -0.3 is 4.42 Å². The number of amides is 2. The summed E-state index contributed by atoms with van der Waals surface area (Å²) in [5.74, 6) is 0.223. The molecule has 5 heteroatoms. The summed E-state index contributed by atoms with van der Waals surface area (Å²) in [6.07, 6.45) is 8.00. The number of allylic oxidation sites excluding steroid dienone is 2. The Labute approximate surface area is 109 Å². The second kappa shape index (κ2) is 3.66. The highest BCUT2D eigenvalue weighted by molar-refractivity contribution is 6.06. The molecule has 0 spiro atoms. The van der Waals surface area contributed by atoms with E-state index in [1.165, 1.54) is 12.5 Å². The van der Waals surface area contributed by atoms with Crippen LogP contribution in [0.25, 0.3) is 0 Å². The average Bonchev–Trinajstić information content (AvgIpc) is 3.14. The maximum absolute atomic E-state index is 12.3. The SMILES string of the molecule is O=C1C2C3C=CC(C3)C2C(=O)N1N=Cc1ccco1. The van der Waals surface area contributed by atoms with Crippen LogP contribution < -0.4 is 0 Å². The first-order chi connectivity index (χ1) is 9.25.